The molecule has 0 fully saturated rings. The molecule has 0 bridgehead atoms. The summed E-state index contributed by atoms with van der Waals surface area (Å²) in [6, 6.07) is 11.0. The van der Waals surface area contributed by atoms with Gasteiger partial charge in [0.25, 0.3) is 0 Å². The summed E-state index contributed by atoms with van der Waals surface area (Å²) in [6.07, 6.45) is 7.16. The summed E-state index contributed by atoms with van der Waals surface area (Å²) in [5, 5.41) is 5.52. The number of aromatic nitrogens is 3. The second-order valence-corrected chi connectivity index (χ2v) is 6.88. The van der Waals surface area contributed by atoms with Gasteiger partial charge in [-0.05, 0) is 24.3 Å². The van der Waals surface area contributed by atoms with Crippen LogP contribution in [0.1, 0.15) is 5.69 Å². The first-order valence-corrected chi connectivity index (χ1v) is 9.61. The van der Waals surface area contributed by atoms with Crippen molar-refractivity contribution in [2.45, 2.75) is 13.0 Å². The third kappa shape index (κ3) is 4.66. The second-order valence-electron chi connectivity index (χ2n) is 6.02. The number of carbonyl (C=O) groups excluding carboxylic acids is 1. The molecule has 0 aliphatic heterocycles. The molecule has 0 atom stereocenters. The number of nitrogens with zero attached hydrogens (tertiary/aromatic N) is 3. The van der Waals surface area contributed by atoms with Crippen molar-refractivity contribution in [3.63, 3.8) is 0 Å². The monoisotopic (exact) mass is 394 g/mol. The van der Waals surface area contributed by atoms with Gasteiger partial charge in [0.1, 0.15) is 12.4 Å². The molecule has 4 rings (SSSR count). The van der Waals surface area contributed by atoms with Crippen molar-refractivity contribution in [1.29, 1.82) is 0 Å². The molecule has 3 aromatic heterocycles. The molecule has 0 saturated carbocycles. The molecule has 0 spiro atoms. The Bertz CT molecular complexity index is 1030. The van der Waals surface area contributed by atoms with Gasteiger partial charge in [-0.2, -0.15) is 0 Å². The molecule has 142 valence electrons. The molecule has 8 heteroatoms. The topological polar surface area (TPSA) is 82.2 Å². The van der Waals surface area contributed by atoms with E-state index >= 15 is 0 Å². The minimum Gasteiger partial charge on any atom is -0.492 e. The van der Waals surface area contributed by atoms with Gasteiger partial charge in [-0.3, -0.25) is 4.79 Å². The zero-order valence-corrected chi connectivity index (χ0v) is 15.8. The smallest absolute Gasteiger partial charge is 0.230 e. The van der Waals surface area contributed by atoms with Gasteiger partial charge in [-0.15, -0.1) is 11.3 Å². The number of hydrogen-bond donors (Lipinski definition) is 1. The number of anilines is 1. The van der Waals surface area contributed by atoms with E-state index in [1.54, 1.807) is 24.9 Å². The van der Waals surface area contributed by atoms with E-state index in [0.29, 0.717) is 36.0 Å². The lowest BCUT2D eigenvalue weighted by Gasteiger charge is -2.09. The lowest BCUT2D eigenvalue weighted by Crippen LogP contribution is -2.14. The van der Waals surface area contributed by atoms with E-state index in [0.717, 1.165) is 5.01 Å². The molecule has 3 heterocycles. The van der Waals surface area contributed by atoms with Crippen molar-refractivity contribution < 1.29 is 13.9 Å². The molecular formula is C20H18N4O3S. The van der Waals surface area contributed by atoms with E-state index < -0.39 is 0 Å². The molecule has 1 N–H and O–H groups in total. The van der Waals surface area contributed by atoms with Gasteiger partial charge in [0.15, 0.2) is 10.8 Å². The highest BCUT2D eigenvalue weighted by Gasteiger charge is 2.11. The molecule has 0 aliphatic carbocycles. The first-order chi connectivity index (χ1) is 13.8. The van der Waals surface area contributed by atoms with Crippen molar-refractivity contribution in [3.05, 3.63) is 72.5 Å². The summed E-state index contributed by atoms with van der Waals surface area (Å²) in [5.74, 6) is 1.27. The third-order valence-corrected chi connectivity index (χ3v) is 4.83. The highest BCUT2D eigenvalue weighted by molar-refractivity contribution is 7.13. The van der Waals surface area contributed by atoms with Crippen LogP contribution >= 0.6 is 11.3 Å². The van der Waals surface area contributed by atoms with Gasteiger partial charge in [0.05, 0.1) is 31.2 Å². The van der Waals surface area contributed by atoms with Crippen LogP contribution in [0.3, 0.4) is 0 Å². The lowest BCUT2D eigenvalue weighted by molar-refractivity contribution is -0.115. The highest BCUT2D eigenvalue weighted by atomic mass is 32.1. The maximum atomic E-state index is 12.3. The van der Waals surface area contributed by atoms with Gasteiger partial charge in [-0.1, -0.05) is 6.07 Å². The molecule has 0 saturated heterocycles. The van der Waals surface area contributed by atoms with Crippen LogP contribution in [0, 0.1) is 0 Å². The number of ether oxygens (including phenoxy) is 1. The summed E-state index contributed by atoms with van der Waals surface area (Å²) < 4.78 is 13.0. The van der Waals surface area contributed by atoms with Crippen LogP contribution in [-0.4, -0.2) is 27.0 Å². The number of thiazole rings is 1. The number of imidazole rings is 1. The Labute approximate surface area is 165 Å². The van der Waals surface area contributed by atoms with Gasteiger partial charge >= 0.3 is 0 Å². The van der Waals surface area contributed by atoms with Crippen molar-refractivity contribution in [2.75, 3.05) is 11.9 Å². The van der Waals surface area contributed by atoms with Crippen LogP contribution in [0.15, 0.2) is 71.2 Å². The second kappa shape index (κ2) is 8.53. The normalized spacial score (nSPS) is 10.7. The molecule has 0 aliphatic rings. The van der Waals surface area contributed by atoms with E-state index in [2.05, 4.69) is 15.3 Å². The lowest BCUT2D eigenvalue weighted by atomic mass is 10.2. The first kappa shape index (κ1) is 18.0. The summed E-state index contributed by atoms with van der Waals surface area (Å²) in [4.78, 5) is 20.8. The average Bonchev–Trinajstić information content (AvgIpc) is 3.44. The number of carbonyl (C=O) groups is 1. The van der Waals surface area contributed by atoms with Gasteiger partial charge in [0.2, 0.25) is 5.91 Å². The molecule has 1 aromatic carbocycles. The number of amides is 1. The van der Waals surface area contributed by atoms with E-state index in [1.165, 1.54) is 11.3 Å². The van der Waals surface area contributed by atoms with Gasteiger partial charge in [0, 0.05) is 29.5 Å². The van der Waals surface area contributed by atoms with E-state index in [9.17, 15) is 4.79 Å². The Balaban J connectivity index is 1.30. The van der Waals surface area contributed by atoms with Crippen LogP contribution in [0.5, 0.6) is 5.75 Å². The number of benzene rings is 1. The van der Waals surface area contributed by atoms with E-state index in [-0.39, 0.29) is 12.3 Å². The Morgan fingerprint density at radius 3 is 3.07 bits per heavy atom. The standard InChI is InChI=1S/C20H18N4O3S/c25-19(12-16-13-28-20(23-16)18-5-2-9-27-18)22-15-3-1-4-17(11-15)26-10-8-24-7-6-21-14-24/h1-7,9,11,13-14H,8,10,12H2,(H,22,25). The predicted octanol–water partition coefficient (Wildman–Crippen LogP) is 3.86. The Morgan fingerprint density at radius 2 is 2.25 bits per heavy atom. The predicted molar refractivity (Wildman–Crippen MR) is 106 cm³/mol. The van der Waals surface area contributed by atoms with Crippen molar-refractivity contribution >= 4 is 22.9 Å². The largest absolute Gasteiger partial charge is 0.492 e. The average molecular weight is 394 g/mol. The number of furan rings is 1. The fraction of sp³-hybridized carbons (Fsp3) is 0.150. The number of nitrogens with one attached hydrogen (secondary N) is 1. The minimum atomic E-state index is -0.133. The SMILES string of the molecule is O=C(Cc1csc(-c2ccco2)n1)Nc1cccc(OCCn2ccnc2)c1. The quantitative estimate of drug-likeness (QED) is 0.491. The van der Waals surface area contributed by atoms with Crippen molar-refractivity contribution in [2.24, 2.45) is 0 Å². The highest BCUT2D eigenvalue weighted by Crippen LogP contribution is 2.24. The van der Waals surface area contributed by atoms with Gasteiger partial charge < -0.3 is 19.0 Å². The molecule has 0 radical (unpaired) electrons. The van der Waals surface area contributed by atoms with E-state index in [1.807, 2.05) is 46.5 Å². The maximum absolute atomic E-state index is 12.3. The first-order valence-electron chi connectivity index (χ1n) is 8.73. The van der Waals surface area contributed by atoms with Gasteiger partial charge in [-0.25, -0.2) is 9.97 Å². The van der Waals surface area contributed by atoms with Crippen molar-refractivity contribution in [1.82, 2.24) is 14.5 Å². The van der Waals surface area contributed by atoms with Crippen LogP contribution in [0.25, 0.3) is 10.8 Å². The fourth-order valence-electron chi connectivity index (χ4n) is 2.62. The summed E-state index contributed by atoms with van der Waals surface area (Å²) in [7, 11) is 0. The molecule has 7 nitrogen and oxygen atoms in total. The van der Waals surface area contributed by atoms with Crippen molar-refractivity contribution in [3.8, 4) is 16.5 Å². The number of hydrogen-bond acceptors (Lipinski definition) is 6. The fourth-order valence-corrected chi connectivity index (χ4v) is 3.41. The summed E-state index contributed by atoms with van der Waals surface area (Å²) in [6.45, 7) is 1.22. The number of rotatable bonds is 8. The molecular weight excluding hydrogens is 376 g/mol. The Kier molecular flexibility index (Phi) is 5.48. The van der Waals surface area contributed by atoms with Crippen LogP contribution in [-0.2, 0) is 17.8 Å². The van der Waals surface area contributed by atoms with E-state index in [4.69, 9.17) is 9.15 Å². The summed E-state index contributed by atoms with van der Waals surface area (Å²) in [5.41, 5.74) is 1.40. The minimum absolute atomic E-state index is 0.133. The Hall–Kier alpha value is -3.39. The molecule has 0 unspecified atom stereocenters. The van der Waals surface area contributed by atoms with Crippen LogP contribution < -0.4 is 10.1 Å². The molecule has 4 aromatic rings. The van der Waals surface area contributed by atoms with Crippen LogP contribution in [0.4, 0.5) is 5.69 Å². The molecule has 28 heavy (non-hydrogen) atoms. The summed E-state index contributed by atoms with van der Waals surface area (Å²) >= 11 is 1.45. The zero-order valence-electron chi connectivity index (χ0n) is 14.9. The Morgan fingerprint density at radius 1 is 1.29 bits per heavy atom. The maximum Gasteiger partial charge on any atom is 0.230 e. The third-order valence-electron chi connectivity index (χ3n) is 3.92. The molecule has 1 amide bonds. The zero-order chi connectivity index (χ0) is 19.2. The van der Waals surface area contributed by atoms with Crippen LogP contribution in [0.2, 0.25) is 0 Å².